The number of aromatic nitrogens is 2. The third-order valence-electron chi connectivity index (χ3n) is 5.37. The number of anilines is 3. The average molecular weight is 451 g/mol. The minimum Gasteiger partial charge on any atom is -0.481 e. The second-order valence-electron chi connectivity index (χ2n) is 7.35. The van der Waals surface area contributed by atoms with Gasteiger partial charge < -0.3 is 20.3 Å². The zero-order chi connectivity index (χ0) is 23.5. The standard InChI is InChI=1S/C20H24F3N7O2/c1-29(19(31)28-16-9-12(3-6-26-16)20(21,22)23)13-4-7-30(8-5-13)14-10-15(18(25)32-2)17(24)27-11-14/h3,6,9-11,13,25H,4-5,7-8H2,1-2H3,(H2,24,27)(H,26,28,31). The maximum absolute atomic E-state index is 12.9. The van der Waals surface area contributed by atoms with Crippen LogP contribution >= 0.6 is 0 Å². The van der Waals surface area contributed by atoms with Crippen molar-refractivity contribution in [1.29, 1.82) is 5.41 Å². The van der Waals surface area contributed by atoms with E-state index in [2.05, 4.69) is 20.2 Å². The van der Waals surface area contributed by atoms with Crippen LogP contribution < -0.4 is 16.0 Å². The van der Waals surface area contributed by atoms with Crippen molar-refractivity contribution in [3.8, 4) is 0 Å². The number of pyridine rings is 2. The van der Waals surface area contributed by atoms with E-state index in [1.165, 1.54) is 12.0 Å². The van der Waals surface area contributed by atoms with E-state index in [0.29, 0.717) is 31.5 Å². The number of carbonyl (C=O) groups is 1. The topological polar surface area (TPSA) is 120 Å². The van der Waals surface area contributed by atoms with E-state index in [1.54, 1.807) is 19.3 Å². The number of hydrogen-bond donors (Lipinski definition) is 3. The molecule has 0 spiro atoms. The average Bonchev–Trinajstić information content (AvgIpc) is 2.78. The summed E-state index contributed by atoms with van der Waals surface area (Å²) in [5.41, 5.74) is 6.13. The number of amides is 2. The van der Waals surface area contributed by atoms with E-state index in [9.17, 15) is 18.0 Å². The van der Waals surface area contributed by atoms with Crippen molar-refractivity contribution in [2.45, 2.75) is 25.1 Å². The van der Waals surface area contributed by atoms with Gasteiger partial charge in [0.05, 0.1) is 30.1 Å². The maximum Gasteiger partial charge on any atom is 0.416 e. The van der Waals surface area contributed by atoms with Gasteiger partial charge in [0.15, 0.2) is 0 Å². The molecular formula is C20H24F3N7O2. The van der Waals surface area contributed by atoms with Crippen LogP contribution in [0, 0.1) is 5.41 Å². The Morgan fingerprint density at radius 1 is 1.31 bits per heavy atom. The predicted octanol–water partition coefficient (Wildman–Crippen LogP) is 3.18. The first-order valence-electron chi connectivity index (χ1n) is 9.80. The summed E-state index contributed by atoms with van der Waals surface area (Å²) in [5.74, 6) is -0.0309. The summed E-state index contributed by atoms with van der Waals surface area (Å²) >= 11 is 0. The number of ether oxygens (including phenoxy) is 1. The molecule has 172 valence electrons. The van der Waals surface area contributed by atoms with Gasteiger partial charge in [-0.15, -0.1) is 0 Å². The number of alkyl halides is 3. The largest absolute Gasteiger partial charge is 0.481 e. The van der Waals surface area contributed by atoms with Crippen molar-refractivity contribution in [2.24, 2.45) is 0 Å². The van der Waals surface area contributed by atoms with E-state index in [-0.39, 0.29) is 23.6 Å². The van der Waals surface area contributed by atoms with Gasteiger partial charge in [-0.05, 0) is 31.0 Å². The van der Waals surface area contributed by atoms with Gasteiger partial charge in [-0.2, -0.15) is 13.2 Å². The molecule has 0 aromatic carbocycles. The fourth-order valence-corrected chi connectivity index (χ4v) is 3.48. The SMILES string of the molecule is COC(=N)c1cc(N2CCC(N(C)C(=O)Nc3cc(C(F)(F)F)ccn3)CC2)cnc1N. The molecule has 2 aromatic heterocycles. The molecule has 2 amide bonds. The van der Waals surface area contributed by atoms with Gasteiger partial charge in [0.2, 0.25) is 5.90 Å². The Morgan fingerprint density at radius 2 is 2.00 bits per heavy atom. The number of methoxy groups -OCH3 is 1. The van der Waals surface area contributed by atoms with Crippen LogP contribution in [0.3, 0.4) is 0 Å². The fraction of sp³-hybridized carbons (Fsp3) is 0.400. The summed E-state index contributed by atoms with van der Waals surface area (Å²) in [6.45, 7) is 1.24. The molecule has 3 rings (SSSR count). The van der Waals surface area contributed by atoms with E-state index in [0.717, 1.165) is 24.0 Å². The van der Waals surface area contributed by atoms with Crippen LogP contribution in [0.4, 0.5) is 35.3 Å². The van der Waals surface area contributed by atoms with Gasteiger partial charge in [-0.1, -0.05) is 0 Å². The molecule has 1 aliphatic heterocycles. The van der Waals surface area contributed by atoms with E-state index < -0.39 is 17.8 Å². The molecule has 0 atom stereocenters. The number of urea groups is 1. The number of carbonyl (C=O) groups excluding carboxylic acids is 1. The highest BCUT2D eigenvalue weighted by molar-refractivity contribution is 5.96. The third-order valence-corrected chi connectivity index (χ3v) is 5.37. The number of nitrogens with one attached hydrogen (secondary N) is 2. The zero-order valence-electron chi connectivity index (χ0n) is 17.6. The summed E-state index contributed by atoms with van der Waals surface area (Å²) in [7, 11) is 2.99. The van der Waals surface area contributed by atoms with E-state index in [1.807, 2.05) is 0 Å². The van der Waals surface area contributed by atoms with Crippen LogP contribution in [0.2, 0.25) is 0 Å². The molecule has 4 N–H and O–H groups in total. The first kappa shape index (κ1) is 23.1. The molecule has 32 heavy (non-hydrogen) atoms. The van der Waals surface area contributed by atoms with E-state index in [4.69, 9.17) is 15.9 Å². The summed E-state index contributed by atoms with van der Waals surface area (Å²) in [6.07, 6.45) is -0.602. The predicted molar refractivity (Wildman–Crippen MR) is 114 cm³/mol. The molecule has 0 bridgehead atoms. The summed E-state index contributed by atoms with van der Waals surface area (Å²) in [4.78, 5) is 24.0. The van der Waals surface area contributed by atoms with Gasteiger partial charge in [0.25, 0.3) is 0 Å². The van der Waals surface area contributed by atoms with Crippen molar-refractivity contribution in [3.63, 3.8) is 0 Å². The molecular weight excluding hydrogens is 427 g/mol. The highest BCUT2D eigenvalue weighted by atomic mass is 19.4. The summed E-state index contributed by atoms with van der Waals surface area (Å²) in [6, 6.07) is 2.76. The molecule has 3 heterocycles. The van der Waals surface area contributed by atoms with Gasteiger partial charge in [0, 0.05) is 32.4 Å². The smallest absolute Gasteiger partial charge is 0.416 e. The molecule has 1 fully saturated rings. The minimum absolute atomic E-state index is 0.0775. The van der Waals surface area contributed by atoms with Crippen molar-refractivity contribution < 1.29 is 22.7 Å². The molecule has 1 aliphatic rings. The fourth-order valence-electron chi connectivity index (χ4n) is 3.48. The Bertz CT molecular complexity index is 991. The lowest BCUT2D eigenvalue weighted by molar-refractivity contribution is -0.137. The summed E-state index contributed by atoms with van der Waals surface area (Å²) in [5, 5.41) is 10.3. The van der Waals surface area contributed by atoms with Crippen molar-refractivity contribution in [1.82, 2.24) is 14.9 Å². The Kier molecular flexibility index (Phi) is 6.70. The third kappa shape index (κ3) is 5.18. The number of nitrogen functional groups attached to an aromatic ring is 1. The van der Waals surface area contributed by atoms with Gasteiger partial charge in [-0.3, -0.25) is 10.7 Å². The van der Waals surface area contributed by atoms with Crippen molar-refractivity contribution in [3.05, 3.63) is 41.7 Å². The number of halogens is 3. The molecule has 0 saturated carbocycles. The second kappa shape index (κ2) is 9.28. The molecule has 2 aromatic rings. The first-order valence-corrected chi connectivity index (χ1v) is 9.80. The molecule has 12 heteroatoms. The second-order valence-corrected chi connectivity index (χ2v) is 7.35. The Balaban J connectivity index is 1.60. The monoisotopic (exact) mass is 451 g/mol. The maximum atomic E-state index is 12.9. The molecule has 0 radical (unpaired) electrons. The van der Waals surface area contributed by atoms with Crippen LogP contribution in [0.25, 0.3) is 0 Å². The quantitative estimate of drug-likeness (QED) is 0.485. The summed E-state index contributed by atoms with van der Waals surface area (Å²) < 4.78 is 43.5. The number of rotatable bonds is 4. The lowest BCUT2D eigenvalue weighted by atomic mass is 10.0. The van der Waals surface area contributed by atoms with Gasteiger partial charge >= 0.3 is 12.2 Å². The Hall–Kier alpha value is -3.57. The number of nitrogens with two attached hydrogens (primary N) is 1. The Labute approximate surface area is 182 Å². The molecule has 9 nitrogen and oxygen atoms in total. The first-order chi connectivity index (χ1) is 15.1. The van der Waals surface area contributed by atoms with Crippen LogP contribution in [-0.2, 0) is 10.9 Å². The number of piperidine rings is 1. The Morgan fingerprint density at radius 3 is 2.62 bits per heavy atom. The number of nitrogens with zero attached hydrogens (tertiary/aromatic N) is 4. The lowest BCUT2D eigenvalue weighted by Gasteiger charge is -2.37. The zero-order valence-corrected chi connectivity index (χ0v) is 17.6. The molecule has 1 saturated heterocycles. The van der Waals surface area contributed by atoms with Gasteiger partial charge in [-0.25, -0.2) is 14.8 Å². The van der Waals surface area contributed by atoms with Crippen LogP contribution in [0.5, 0.6) is 0 Å². The normalized spacial score (nSPS) is 14.7. The highest BCUT2D eigenvalue weighted by Gasteiger charge is 2.31. The molecule has 0 unspecified atom stereocenters. The van der Waals surface area contributed by atoms with Crippen molar-refractivity contribution in [2.75, 3.05) is 43.2 Å². The van der Waals surface area contributed by atoms with Crippen LogP contribution in [-0.4, -0.2) is 60.1 Å². The molecule has 0 aliphatic carbocycles. The minimum atomic E-state index is -4.51. The van der Waals surface area contributed by atoms with Crippen LogP contribution in [0.15, 0.2) is 30.6 Å². The lowest BCUT2D eigenvalue weighted by Crippen LogP contribution is -2.47. The van der Waals surface area contributed by atoms with Crippen LogP contribution in [0.1, 0.15) is 24.0 Å². The van der Waals surface area contributed by atoms with E-state index >= 15 is 0 Å². The van der Waals surface area contributed by atoms with Gasteiger partial charge in [0.1, 0.15) is 11.6 Å². The van der Waals surface area contributed by atoms with Crippen molar-refractivity contribution >= 4 is 29.3 Å². The number of hydrogen-bond acceptors (Lipinski definition) is 7. The highest BCUT2D eigenvalue weighted by Crippen LogP contribution is 2.30.